The topological polar surface area (TPSA) is 72.9 Å². The molecule has 0 fully saturated rings. The van der Waals surface area contributed by atoms with E-state index in [-0.39, 0.29) is 5.78 Å². The lowest BCUT2D eigenvalue weighted by molar-refractivity contribution is -0.117. The third-order valence-electron chi connectivity index (χ3n) is 5.68. The number of halogens is 1. The molecule has 0 aliphatic carbocycles. The van der Waals surface area contributed by atoms with E-state index >= 15 is 0 Å². The van der Waals surface area contributed by atoms with E-state index in [2.05, 4.69) is 39.2 Å². The molecule has 37 heavy (non-hydrogen) atoms. The van der Waals surface area contributed by atoms with Crippen LogP contribution in [-0.4, -0.2) is 28.4 Å². The van der Waals surface area contributed by atoms with Gasteiger partial charge in [0.1, 0.15) is 11.6 Å². The molecule has 2 aromatic heterocycles. The summed E-state index contributed by atoms with van der Waals surface area (Å²) in [7, 11) is 0. The molecule has 1 aromatic carbocycles. The van der Waals surface area contributed by atoms with Crippen molar-refractivity contribution < 1.29 is 4.79 Å². The van der Waals surface area contributed by atoms with Crippen LogP contribution in [0.4, 0.5) is 5.82 Å². The minimum absolute atomic E-state index is 0.158. The second kappa shape index (κ2) is 14.2. The van der Waals surface area contributed by atoms with Crippen molar-refractivity contribution in [2.45, 2.75) is 33.7 Å². The predicted molar refractivity (Wildman–Crippen MR) is 156 cm³/mol. The molecule has 0 aliphatic heterocycles. The largest absolute Gasteiger partial charge is 0.384 e. The normalized spacial score (nSPS) is 11.9. The molecule has 0 saturated heterocycles. The molecule has 3 N–H and O–H groups in total. The number of ketones is 1. The summed E-state index contributed by atoms with van der Waals surface area (Å²) in [5.74, 6) is 0.649. The molecule has 0 spiro atoms. The number of nitrogens with one attached hydrogen (secondary N) is 1. The lowest BCUT2D eigenvalue weighted by Gasteiger charge is -2.15. The fraction of sp³-hybridized carbons (Fsp3) is 0.226. The van der Waals surface area contributed by atoms with Crippen LogP contribution in [-0.2, 0) is 11.3 Å². The van der Waals surface area contributed by atoms with Crippen LogP contribution in [0.15, 0.2) is 96.6 Å². The van der Waals surface area contributed by atoms with E-state index in [0.29, 0.717) is 36.9 Å². The maximum atomic E-state index is 12.1. The Morgan fingerprint density at radius 2 is 1.89 bits per heavy atom. The molecule has 0 radical (unpaired) electrons. The second-order valence-electron chi connectivity index (χ2n) is 8.92. The lowest BCUT2D eigenvalue weighted by Crippen LogP contribution is -2.22. The van der Waals surface area contributed by atoms with Crippen LogP contribution in [0.25, 0.3) is 16.8 Å². The van der Waals surface area contributed by atoms with E-state index in [4.69, 9.17) is 17.3 Å². The fourth-order valence-electron chi connectivity index (χ4n) is 3.88. The van der Waals surface area contributed by atoms with Crippen LogP contribution in [0.1, 0.15) is 38.6 Å². The van der Waals surface area contributed by atoms with Crippen molar-refractivity contribution in [2.24, 2.45) is 0 Å². The number of nitrogens with two attached hydrogens (primary N) is 1. The molecule has 2 heterocycles. The third kappa shape index (κ3) is 8.45. The summed E-state index contributed by atoms with van der Waals surface area (Å²) >= 11 is 6.56. The van der Waals surface area contributed by atoms with E-state index in [9.17, 15) is 4.79 Å². The molecular formula is C31H35ClN4O. The van der Waals surface area contributed by atoms with Gasteiger partial charge in [-0.25, -0.2) is 4.98 Å². The van der Waals surface area contributed by atoms with Gasteiger partial charge in [-0.3, -0.25) is 4.79 Å². The molecule has 0 amide bonds. The van der Waals surface area contributed by atoms with Crippen molar-refractivity contribution >= 4 is 28.8 Å². The number of hydrogen-bond acceptors (Lipinski definition) is 4. The summed E-state index contributed by atoms with van der Waals surface area (Å²) in [5.41, 5.74) is 12.1. The molecule has 3 aromatic rings. The minimum Gasteiger partial charge on any atom is -0.384 e. The SMILES string of the molecule is C/C=C(\C=C/CNCC(=O)C/C=C\C=C(C)C)c1ccc(-c2ccccc2Cl)n1Cc1cccc(N)n1. The fourth-order valence-corrected chi connectivity index (χ4v) is 4.12. The van der Waals surface area contributed by atoms with Gasteiger partial charge in [0.15, 0.2) is 0 Å². The van der Waals surface area contributed by atoms with Gasteiger partial charge in [-0.05, 0) is 56.7 Å². The number of hydrogen-bond donors (Lipinski definition) is 2. The number of carbonyl (C=O) groups excluding carboxylic acids is 1. The minimum atomic E-state index is 0.158. The quantitative estimate of drug-likeness (QED) is 0.204. The highest BCUT2D eigenvalue weighted by molar-refractivity contribution is 6.33. The van der Waals surface area contributed by atoms with Gasteiger partial charge in [0, 0.05) is 29.2 Å². The number of aromatic nitrogens is 2. The Morgan fingerprint density at radius 3 is 2.62 bits per heavy atom. The van der Waals surface area contributed by atoms with Gasteiger partial charge in [0.2, 0.25) is 0 Å². The highest BCUT2D eigenvalue weighted by atomic mass is 35.5. The van der Waals surface area contributed by atoms with Crippen LogP contribution in [0.5, 0.6) is 0 Å². The Balaban J connectivity index is 1.75. The van der Waals surface area contributed by atoms with Gasteiger partial charge in [-0.1, -0.05) is 77.9 Å². The Bertz CT molecular complexity index is 1330. The molecular weight excluding hydrogens is 480 g/mol. The smallest absolute Gasteiger partial charge is 0.150 e. The molecule has 0 aliphatic rings. The maximum absolute atomic E-state index is 12.1. The molecule has 5 nitrogen and oxygen atoms in total. The number of benzene rings is 1. The molecule has 0 atom stereocenters. The van der Waals surface area contributed by atoms with Crippen LogP contribution in [0.2, 0.25) is 5.02 Å². The first-order chi connectivity index (χ1) is 17.9. The molecule has 192 valence electrons. The van der Waals surface area contributed by atoms with Crippen molar-refractivity contribution in [3.8, 4) is 11.3 Å². The van der Waals surface area contributed by atoms with Gasteiger partial charge in [0.05, 0.1) is 24.5 Å². The zero-order chi connectivity index (χ0) is 26.6. The molecule has 6 heteroatoms. The van der Waals surface area contributed by atoms with Gasteiger partial charge < -0.3 is 15.6 Å². The summed E-state index contributed by atoms with van der Waals surface area (Å²) in [4.78, 5) is 16.6. The van der Waals surface area contributed by atoms with Crippen molar-refractivity contribution in [1.82, 2.24) is 14.9 Å². The van der Waals surface area contributed by atoms with Crippen molar-refractivity contribution in [1.29, 1.82) is 0 Å². The lowest BCUT2D eigenvalue weighted by atomic mass is 10.1. The average molecular weight is 515 g/mol. The highest BCUT2D eigenvalue weighted by Gasteiger charge is 2.15. The number of anilines is 1. The first kappa shape index (κ1) is 27.9. The first-order valence-electron chi connectivity index (χ1n) is 12.4. The van der Waals surface area contributed by atoms with Gasteiger partial charge in [-0.2, -0.15) is 0 Å². The van der Waals surface area contributed by atoms with Crippen molar-refractivity contribution in [2.75, 3.05) is 18.8 Å². The summed E-state index contributed by atoms with van der Waals surface area (Å²) in [6.07, 6.45) is 12.4. The Morgan fingerprint density at radius 1 is 1.08 bits per heavy atom. The Kier molecular flexibility index (Phi) is 10.7. The number of carbonyl (C=O) groups is 1. The summed E-state index contributed by atoms with van der Waals surface area (Å²) < 4.78 is 2.21. The number of nitrogen functional groups attached to an aromatic ring is 1. The second-order valence-corrected chi connectivity index (χ2v) is 9.32. The van der Waals surface area contributed by atoms with Crippen LogP contribution in [0, 0.1) is 0 Å². The van der Waals surface area contributed by atoms with Gasteiger partial charge in [0.25, 0.3) is 0 Å². The first-order valence-corrected chi connectivity index (χ1v) is 12.8. The summed E-state index contributed by atoms with van der Waals surface area (Å²) in [6, 6.07) is 17.7. The van der Waals surface area contributed by atoms with Crippen molar-refractivity contribution in [3.63, 3.8) is 0 Å². The van der Waals surface area contributed by atoms with E-state index in [1.165, 1.54) is 5.57 Å². The van der Waals surface area contributed by atoms with E-state index in [0.717, 1.165) is 28.2 Å². The number of nitrogens with zero attached hydrogens (tertiary/aromatic N) is 2. The zero-order valence-corrected chi connectivity index (χ0v) is 22.5. The Hall–Kier alpha value is -3.67. The monoisotopic (exact) mass is 514 g/mol. The van der Waals surface area contributed by atoms with Gasteiger partial charge >= 0.3 is 0 Å². The number of pyridine rings is 1. The number of allylic oxidation sites excluding steroid dienone is 7. The predicted octanol–water partition coefficient (Wildman–Crippen LogP) is 6.86. The standard InChI is InChI=1S/C31H35ClN4O/c1-4-24(12-10-20-34-21-26(37)14-6-5-11-23(2)3)29-18-19-30(27-15-7-8-16-28(27)32)36(29)22-25-13-9-17-31(33)35-25/h4-13,15-19,34H,14,20-22H2,1-3H3,(H2,33,35)/b6-5-,12-10-,24-4+. The van der Waals surface area contributed by atoms with Crippen LogP contribution < -0.4 is 11.1 Å². The van der Waals surface area contributed by atoms with Crippen LogP contribution in [0.3, 0.4) is 0 Å². The van der Waals surface area contributed by atoms with Gasteiger partial charge in [-0.15, -0.1) is 0 Å². The number of rotatable bonds is 12. The maximum Gasteiger partial charge on any atom is 0.150 e. The van der Waals surface area contributed by atoms with E-state index in [1.807, 2.05) is 81.5 Å². The average Bonchev–Trinajstić information content (AvgIpc) is 3.27. The molecule has 0 unspecified atom stereocenters. The molecule has 0 saturated carbocycles. The number of Topliss-reactive ketones (excluding diaryl/α,β-unsaturated/α-hetero) is 1. The summed E-state index contributed by atoms with van der Waals surface area (Å²) in [5, 5.41) is 3.89. The third-order valence-corrected chi connectivity index (χ3v) is 6.01. The zero-order valence-electron chi connectivity index (χ0n) is 21.7. The van der Waals surface area contributed by atoms with E-state index in [1.54, 1.807) is 6.07 Å². The van der Waals surface area contributed by atoms with Crippen molar-refractivity contribution in [3.05, 3.63) is 113 Å². The molecule has 3 rings (SSSR count). The van der Waals surface area contributed by atoms with Crippen LogP contribution >= 0.6 is 11.6 Å². The molecule has 0 bridgehead atoms. The van der Waals surface area contributed by atoms with E-state index < -0.39 is 0 Å². The summed E-state index contributed by atoms with van der Waals surface area (Å²) in [6.45, 7) is 7.55. The Labute approximate surface area is 225 Å². The highest BCUT2D eigenvalue weighted by Crippen LogP contribution is 2.32.